The van der Waals surface area contributed by atoms with Crippen molar-refractivity contribution in [3.63, 3.8) is 0 Å². The van der Waals surface area contributed by atoms with Gasteiger partial charge in [-0.2, -0.15) is 0 Å². The number of epoxide rings is 1. The first-order chi connectivity index (χ1) is 5.84. The normalized spacial score (nSPS) is 32.8. The van der Waals surface area contributed by atoms with E-state index in [1.54, 1.807) is 0 Å². The van der Waals surface area contributed by atoms with Gasteiger partial charge in [0.1, 0.15) is 12.7 Å². The molecular weight excluding hydrogens is 164 g/mol. The number of carbonyl (C=O) groups is 1. The minimum absolute atomic E-state index is 0.240. The van der Waals surface area contributed by atoms with Crippen LogP contribution in [-0.2, 0) is 18.9 Å². The molecule has 2 aliphatic heterocycles. The maximum Gasteiger partial charge on any atom is 0.508 e. The molecule has 0 aromatic carbocycles. The summed E-state index contributed by atoms with van der Waals surface area (Å²) in [6.07, 6.45) is -0.592. The summed E-state index contributed by atoms with van der Waals surface area (Å²) in [7, 11) is 0. The Morgan fingerprint density at radius 2 is 2.08 bits per heavy atom. The fourth-order valence-corrected chi connectivity index (χ4v) is 0.942. The lowest BCUT2D eigenvalue weighted by atomic mass is 10.4. The van der Waals surface area contributed by atoms with Crippen molar-refractivity contribution in [2.75, 3.05) is 26.4 Å². The predicted octanol–water partition coefficient (Wildman–Crippen LogP) is -0.0628. The highest BCUT2D eigenvalue weighted by Gasteiger charge is 2.27. The molecule has 0 aliphatic carbocycles. The lowest BCUT2D eigenvalue weighted by molar-refractivity contribution is 0.0396. The molecule has 2 atom stereocenters. The summed E-state index contributed by atoms with van der Waals surface area (Å²) in [5, 5.41) is 0. The van der Waals surface area contributed by atoms with Crippen molar-refractivity contribution >= 4 is 6.16 Å². The molecule has 2 fully saturated rings. The highest BCUT2D eigenvalue weighted by Crippen LogP contribution is 2.10. The summed E-state index contributed by atoms with van der Waals surface area (Å²) >= 11 is 0. The van der Waals surface area contributed by atoms with Crippen LogP contribution in [0.5, 0.6) is 0 Å². The van der Waals surface area contributed by atoms with Crippen molar-refractivity contribution in [3.8, 4) is 0 Å². The molecule has 0 spiro atoms. The standard InChI is InChI=1S/C7H10O5/c8-7-11-4-6(12-7)2-9-1-5-3-10-5/h5-6H,1-4H2. The topological polar surface area (TPSA) is 57.3 Å². The second kappa shape index (κ2) is 3.28. The zero-order valence-corrected chi connectivity index (χ0v) is 6.52. The minimum Gasteiger partial charge on any atom is -0.430 e. The highest BCUT2D eigenvalue weighted by molar-refractivity contribution is 5.61. The van der Waals surface area contributed by atoms with Gasteiger partial charge in [-0.15, -0.1) is 0 Å². The first kappa shape index (κ1) is 7.82. The van der Waals surface area contributed by atoms with E-state index in [-0.39, 0.29) is 12.2 Å². The summed E-state index contributed by atoms with van der Waals surface area (Å²) in [5.41, 5.74) is 0. The molecule has 0 aromatic rings. The second-order valence-corrected chi connectivity index (χ2v) is 2.79. The molecule has 5 heteroatoms. The van der Waals surface area contributed by atoms with Gasteiger partial charge in [-0.1, -0.05) is 0 Å². The lowest BCUT2D eigenvalue weighted by Gasteiger charge is -2.05. The largest absolute Gasteiger partial charge is 0.508 e. The molecular formula is C7H10O5. The monoisotopic (exact) mass is 174 g/mol. The highest BCUT2D eigenvalue weighted by atomic mass is 16.8. The quantitative estimate of drug-likeness (QED) is 0.441. The van der Waals surface area contributed by atoms with Gasteiger partial charge in [0, 0.05) is 0 Å². The third-order valence-corrected chi connectivity index (χ3v) is 1.66. The molecule has 2 unspecified atom stereocenters. The molecule has 2 saturated heterocycles. The van der Waals surface area contributed by atoms with Gasteiger partial charge in [0.15, 0.2) is 6.10 Å². The zero-order chi connectivity index (χ0) is 8.39. The minimum atomic E-state index is -0.605. The summed E-state index contributed by atoms with van der Waals surface area (Å²) in [6, 6.07) is 0. The first-order valence-corrected chi connectivity index (χ1v) is 3.87. The van der Waals surface area contributed by atoms with Crippen molar-refractivity contribution in [1.29, 1.82) is 0 Å². The summed E-state index contributed by atoms with van der Waals surface area (Å²) in [4.78, 5) is 10.4. The van der Waals surface area contributed by atoms with E-state index in [0.717, 1.165) is 6.61 Å². The van der Waals surface area contributed by atoms with Crippen LogP contribution in [0.25, 0.3) is 0 Å². The summed E-state index contributed by atoms with van der Waals surface area (Å²) in [5.74, 6) is 0. The van der Waals surface area contributed by atoms with E-state index in [1.807, 2.05) is 0 Å². The molecule has 12 heavy (non-hydrogen) atoms. The van der Waals surface area contributed by atoms with Crippen LogP contribution in [-0.4, -0.2) is 44.8 Å². The van der Waals surface area contributed by atoms with Crippen LogP contribution in [0.4, 0.5) is 4.79 Å². The number of rotatable bonds is 4. The number of hydrogen-bond acceptors (Lipinski definition) is 5. The average molecular weight is 174 g/mol. The number of carbonyl (C=O) groups excluding carboxylic acids is 1. The molecule has 2 rings (SSSR count). The van der Waals surface area contributed by atoms with Crippen molar-refractivity contribution in [1.82, 2.24) is 0 Å². The molecule has 0 aromatic heterocycles. The third-order valence-electron chi connectivity index (χ3n) is 1.66. The molecule has 0 bridgehead atoms. The van der Waals surface area contributed by atoms with E-state index in [0.29, 0.717) is 19.8 Å². The van der Waals surface area contributed by atoms with Crippen molar-refractivity contribution in [2.45, 2.75) is 12.2 Å². The molecule has 0 radical (unpaired) electrons. The van der Waals surface area contributed by atoms with E-state index in [1.165, 1.54) is 0 Å². The maximum atomic E-state index is 10.4. The molecule has 68 valence electrons. The Morgan fingerprint density at radius 3 is 2.67 bits per heavy atom. The smallest absolute Gasteiger partial charge is 0.430 e. The fourth-order valence-electron chi connectivity index (χ4n) is 0.942. The Labute approximate surface area is 69.5 Å². The molecule has 2 aliphatic rings. The van der Waals surface area contributed by atoms with Gasteiger partial charge in [0.05, 0.1) is 19.8 Å². The van der Waals surface area contributed by atoms with Crippen LogP contribution in [0.15, 0.2) is 0 Å². The number of ether oxygens (including phenoxy) is 4. The Morgan fingerprint density at radius 1 is 1.33 bits per heavy atom. The molecule has 5 nitrogen and oxygen atoms in total. The molecule has 2 heterocycles. The van der Waals surface area contributed by atoms with Crippen molar-refractivity contribution in [3.05, 3.63) is 0 Å². The Hall–Kier alpha value is -0.810. The lowest BCUT2D eigenvalue weighted by Crippen LogP contribution is -2.19. The molecule has 0 amide bonds. The zero-order valence-electron chi connectivity index (χ0n) is 6.52. The van der Waals surface area contributed by atoms with Crippen LogP contribution in [0, 0.1) is 0 Å². The van der Waals surface area contributed by atoms with Crippen LogP contribution in [0.2, 0.25) is 0 Å². The average Bonchev–Trinajstić information content (AvgIpc) is 2.76. The number of hydrogen-bond donors (Lipinski definition) is 0. The Bertz CT molecular complexity index is 177. The van der Waals surface area contributed by atoms with E-state index in [9.17, 15) is 4.79 Å². The van der Waals surface area contributed by atoms with Crippen molar-refractivity contribution < 1.29 is 23.7 Å². The van der Waals surface area contributed by atoms with E-state index >= 15 is 0 Å². The van der Waals surface area contributed by atoms with Crippen LogP contribution < -0.4 is 0 Å². The SMILES string of the molecule is O=C1OCC(COCC2CO2)O1. The van der Waals surface area contributed by atoms with Gasteiger partial charge in [-0.3, -0.25) is 0 Å². The summed E-state index contributed by atoms with van der Waals surface area (Å²) in [6.45, 7) is 2.05. The van der Waals surface area contributed by atoms with E-state index in [4.69, 9.17) is 14.2 Å². The Kier molecular flexibility index (Phi) is 2.14. The maximum absolute atomic E-state index is 10.4. The fraction of sp³-hybridized carbons (Fsp3) is 0.857. The first-order valence-electron chi connectivity index (χ1n) is 3.87. The van der Waals surface area contributed by atoms with Gasteiger partial charge < -0.3 is 18.9 Å². The van der Waals surface area contributed by atoms with E-state index in [2.05, 4.69) is 4.74 Å². The van der Waals surface area contributed by atoms with Crippen LogP contribution in [0.1, 0.15) is 0 Å². The van der Waals surface area contributed by atoms with Gasteiger partial charge in [0.2, 0.25) is 0 Å². The number of cyclic esters (lactones) is 2. The van der Waals surface area contributed by atoms with Crippen LogP contribution in [0.3, 0.4) is 0 Å². The van der Waals surface area contributed by atoms with Crippen LogP contribution >= 0.6 is 0 Å². The van der Waals surface area contributed by atoms with Gasteiger partial charge in [-0.25, -0.2) is 4.79 Å². The van der Waals surface area contributed by atoms with Gasteiger partial charge >= 0.3 is 6.16 Å². The van der Waals surface area contributed by atoms with E-state index < -0.39 is 6.16 Å². The van der Waals surface area contributed by atoms with Gasteiger partial charge in [-0.05, 0) is 0 Å². The van der Waals surface area contributed by atoms with Crippen molar-refractivity contribution in [2.24, 2.45) is 0 Å². The predicted molar refractivity (Wildman–Crippen MR) is 36.8 cm³/mol. The third kappa shape index (κ3) is 2.09. The molecule has 0 N–H and O–H groups in total. The summed E-state index contributed by atoms with van der Waals surface area (Å²) < 4.78 is 19.4. The Balaban J connectivity index is 1.56. The second-order valence-electron chi connectivity index (χ2n) is 2.79. The molecule has 0 saturated carbocycles. The van der Waals surface area contributed by atoms with Gasteiger partial charge in [0.25, 0.3) is 0 Å².